The number of piperazine rings is 1. The molecule has 3 amide bonds. The van der Waals surface area contributed by atoms with Crippen LogP contribution in [0.4, 0.5) is 22.0 Å². The van der Waals surface area contributed by atoms with Gasteiger partial charge in [-0.25, -0.2) is 9.48 Å². The standard InChI is InChI=1S/C31H41N7O2/c1-22-7-11-26(12-8-22)38-28(20-27(35-38)31(2,3)4)34-30(40)33-24-9-13-25(14-10-24)36-16-18-37(19-17-36)29(39)23-6-5-15-32-21-23/h7-14,20,23,32H,5-6,15-19,21H2,1-4H3,(H2,33,34,40). The van der Waals surface area contributed by atoms with Crippen LogP contribution in [-0.4, -0.2) is 65.9 Å². The van der Waals surface area contributed by atoms with Crippen molar-refractivity contribution in [1.82, 2.24) is 20.0 Å². The molecule has 0 saturated carbocycles. The monoisotopic (exact) mass is 543 g/mol. The molecule has 0 spiro atoms. The van der Waals surface area contributed by atoms with Crippen molar-refractivity contribution in [3.63, 3.8) is 0 Å². The second-order valence-corrected chi connectivity index (χ2v) is 11.9. The fourth-order valence-electron chi connectivity index (χ4n) is 5.26. The summed E-state index contributed by atoms with van der Waals surface area (Å²) in [6.45, 7) is 13.3. The van der Waals surface area contributed by atoms with Crippen LogP contribution in [0.15, 0.2) is 54.6 Å². The molecule has 212 valence electrons. The fraction of sp³-hybridized carbons (Fsp3) is 0.452. The zero-order valence-corrected chi connectivity index (χ0v) is 24.0. The molecule has 1 aromatic heterocycles. The molecule has 2 saturated heterocycles. The van der Waals surface area contributed by atoms with E-state index in [4.69, 9.17) is 5.10 Å². The summed E-state index contributed by atoms with van der Waals surface area (Å²) in [5.41, 5.74) is 4.57. The van der Waals surface area contributed by atoms with E-state index in [1.54, 1.807) is 4.68 Å². The highest BCUT2D eigenvalue weighted by Gasteiger charge is 2.28. The number of anilines is 3. The number of aryl methyl sites for hydroxylation is 1. The third kappa shape index (κ3) is 6.47. The summed E-state index contributed by atoms with van der Waals surface area (Å²) in [6, 6.07) is 17.5. The van der Waals surface area contributed by atoms with Crippen molar-refractivity contribution >= 4 is 29.1 Å². The largest absolute Gasteiger partial charge is 0.368 e. The number of nitrogens with zero attached hydrogens (tertiary/aromatic N) is 4. The average Bonchev–Trinajstić information content (AvgIpc) is 3.38. The van der Waals surface area contributed by atoms with Crippen LogP contribution >= 0.6 is 0 Å². The molecule has 0 aliphatic carbocycles. The van der Waals surface area contributed by atoms with Crippen LogP contribution in [0.3, 0.4) is 0 Å². The van der Waals surface area contributed by atoms with Crippen LogP contribution in [-0.2, 0) is 10.2 Å². The minimum atomic E-state index is -0.328. The minimum Gasteiger partial charge on any atom is -0.368 e. The molecule has 1 unspecified atom stereocenters. The second-order valence-electron chi connectivity index (χ2n) is 11.9. The van der Waals surface area contributed by atoms with Crippen LogP contribution < -0.4 is 20.9 Å². The van der Waals surface area contributed by atoms with Gasteiger partial charge in [-0.1, -0.05) is 38.5 Å². The molecule has 3 aromatic rings. The van der Waals surface area contributed by atoms with Gasteiger partial charge in [-0.2, -0.15) is 5.10 Å². The van der Waals surface area contributed by atoms with Crippen molar-refractivity contribution in [3.8, 4) is 5.69 Å². The molecule has 0 bridgehead atoms. The lowest BCUT2D eigenvalue weighted by atomic mass is 9.92. The maximum absolute atomic E-state index is 13.0. The minimum absolute atomic E-state index is 0.118. The number of piperidine rings is 1. The van der Waals surface area contributed by atoms with E-state index < -0.39 is 0 Å². The molecule has 5 rings (SSSR count). The highest BCUT2D eigenvalue weighted by Crippen LogP contribution is 2.27. The van der Waals surface area contributed by atoms with Crippen LogP contribution in [0.25, 0.3) is 5.69 Å². The summed E-state index contributed by atoms with van der Waals surface area (Å²) in [5, 5.41) is 14.1. The number of carbonyl (C=O) groups is 2. The van der Waals surface area contributed by atoms with Gasteiger partial charge in [-0.15, -0.1) is 0 Å². The van der Waals surface area contributed by atoms with Gasteiger partial charge in [0.05, 0.1) is 17.3 Å². The predicted octanol–water partition coefficient (Wildman–Crippen LogP) is 4.77. The number of carbonyl (C=O) groups excluding carboxylic acids is 2. The lowest BCUT2D eigenvalue weighted by Crippen LogP contribution is -2.52. The van der Waals surface area contributed by atoms with E-state index in [-0.39, 0.29) is 23.3 Å². The molecule has 9 nitrogen and oxygen atoms in total. The van der Waals surface area contributed by atoms with Crippen molar-refractivity contribution < 1.29 is 9.59 Å². The summed E-state index contributed by atoms with van der Waals surface area (Å²) in [6.07, 6.45) is 2.06. The number of aromatic nitrogens is 2. The summed E-state index contributed by atoms with van der Waals surface area (Å²) in [7, 11) is 0. The predicted molar refractivity (Wildman–Crippen MR) is 160 cm³/mol. The van der Waals surface area contributed by atoms with Gasteiger partial charge >= 0.3 is 6.03 Å². The van der Waals surface area contributed by atoms with Gasteiger partial charge in [0, 0.05) is 55.6 Å². The van der Waals surface area contributed by atoms with Crippen LogP contribution in [0, 0.1) is 12.8 Å². The van der Waals surface area contributed by atoms with Crippen LogP contribution in [0.1, 0.15) is 44.9 Å². The molecule has 0 radical (unpaired) electrons. The maximum Gasteiger partial charge on any atom is 0.324 e. The number of nitrogens with one attached hydrogen (secondary N) is 3. The molecule has 2 aliphatic rings. The number of rotatable bonds is 5. The maximum atomic E-state index is 13.0. The van der Waals surface area contributed by atoms with Crippen molar-refractivity contribution in [2.24, 2.45) is 5.92 Å². The first-order chi connectivity index (χ1) is 19.2. The first-order valence-corrected chi connectivity index (χ1v) is 14.3. The lowest BCUT2D eigenvalue weighted by Gasteiger charge is -2.38. The number of hydrogen-bond donors (Lipinski definition) is 3. The highest BCUT2D eigenvalue weighted by atomic mass is 16.2. The molecule has 3 N–H and O–H groups in total. The Hall–Kier alpha value is -3.85. The smallest absolute Gasteiger partial charge is 0.324 e. The van der Waals surface area contributed by atoms with Gasteiger partial charge in [-0.05, 0) is 62.7 Å². The first kappa shape index (κ1) is 27.7. The third-order valence-electron chi connectivity index (χ3n) is 7.73. The van der Waals surface area contributed by atoms with Gasteiger partial charge in [0.15, 0.2) is 0 Å². The zero-order chi connectivity index (χ0) is 28.3. The summed E-state index contributed by atoms with van der Waals surface area (Å²) < 4.78 is 1.78. The Bertz CT molecular complexity index is 1310. The van der Waals surface area contributed by atoms with E-state index in [2.05, 4.69) is 41.6 Å². The van der Waals surface area contributed by atoms with Crippen LogP contribution in [0.2, 0.25) is 0 Å². The van der Waals surface area contributed by atoms with Gasteiger partial charge in [0.2, 0.25) is 5.91 Å². The second kappa shape index (κ2) is 11.7. The Kier molecular flexibility index (Phi) is 8.12. The average molecular weight is 544 g/mol. The Morgan fingerprint density at radius 2 is 1.60 bits per heavy atom. The molecule has 9 heteroatoms. The molecule has 2 aromatic carbocycles. The van der Waals surface area contributed by atoms with E-state index >= 15 is 0 Å². The zero-order valence-electron chi connectivity index (χ0n) is 24.0. The molecule has 40 heavy (non-hydrogen) atoms. The van der Waals surface area contributed by atoms with Gasteiger partial charge in [-0.3, -0.25) is 10.1 Å². The van der Waals surface area contributed by atoms with Gasteiger partial charge in [0.1, 0.15) is 5.82 Å². The molecule has 2 fully saturated rings. The molecular formula is C31H41N7O2. The van der Waals surface area contributed by atoms with Crippen LogP contribution in [0.5, 0.6) is 0 Å². The molecule has 2 aliphatic heterocycles. The van der Waals surface area contributed by atoms with Crippen molar-refractivity contribution in [3.05, 3.63) is 65.9 Å². The van der Waals surface area contributed by atoms with Crippen molar-refractivity contribution in [1.29, 1.82) is 0 Å². The quantitative estimate of drug-likeness (QED) is 0.431. The van der Waals surface area contributed by atoms with Crippen molar-refractivity contribution in [2.75, 3.05) is 54.8 Å². The molecular weight excluding hydrogens is 502 g/mol. The number of hydrogen-bond acceptors (Lipinski definition) is 5. The molecule has 1 atom stereocenters. The summed E-state index contributed by atoms with van der Waals surface area (Å²) in [5.74, 6) is 1.02. The Morgan fingerprint density at radius 1 is 0.925 bits per heavy atom. The number of benzene rings is 2. The fourth-order valence-corrected chi connectivity index (χ4v) is 5.26. The SMILES string of the molecule is Cc1ccc(-n2nc(C(C)(C)C)cc2NC(=O)Nc2ccc(N3CCN(C(=O)C4CCCNC4)CC3)cc2)cc1. The Labute approximate surface area is 236 Å². The third-order valence-corrected chi connectivity index (χ3v) is 7.73. The highest BCUT2D eigenvalue weighted by molar-refractivity contribution is 5.99. The van der Waals surface area contributed by atoms with E-state index in [9.17, 15) is 9.59 Å². The first-order valence-electron chi connectivity index (χ1n) is 14.3. The van der Waals surface area contributed by atoms with E-state index in [0.29, 0.717) is 11.5 Å². The van der Waals surface area contributed by atoms with Gasteiger partial charge in [0.25, 0.3) is 0 Å². The Morgan fingerprint density at radius 3 is 2.23 bits per heavy atom. The van der Waals surface area contributed by atoms with E-state index in [1.165, 1.54) is 0 Å². The normalized spacial score (nSPS) is 17.9. The summed E-state index contributed by atoms with van der Waals surface area (Å²) in [4.78, 5) is 30.1. The van der Waals surface area contributed by atoms with Crippen molar-refractivity contribution in [2.45, 2.75) is 46.0 Å². The van der Waals surface area contributed by atoms with E-state index in [0.717, 1.165) is 74.7 Å². The van der Waals surface area contributed by atoms with Gasteiger partial charge < -0.3 is 20.4 Å². The van der Waals surface area contributed by atoms with E-state index in [1.807, 2.05) is 66.4 Å². The number of amides is 3. The molecule has 3 heterocycles. The Balaban J connectivity index is 1.19. The lowest BCUT2D eigenvalue weighted by molar-refractivity contribution is -0.136. The summed E-state index contributed by atoms with van der Waals surface area (Å²) >= 11 is 0. The topological polar surface area (TPSA) is 94.5 Å². The number of urea groups is 1.